The molecule has 1 aromatic rings. The lowest BCUT2D eigenvalue weighted by Crippen LogP contribution is -2.46. The third-order valence-corrected chi connectivity index (χ3v) is 4.41. The maximum absolute atomic E-state index is 12.6. The van der Waals surface area contributed by atoms with Gasteiger partial charge in [0.25, 0.3) is 0 Å². The van der Waals surface area contributed by atoms with Crippen LogP contribution < -0.4 is 15.4 Å². The number of carbonyl (C=O) groups is 2. The van der Waals surface area contributed by atoms with Crippen molar-refractivity contribution in [3.8, 4) is 0 Å². The van der Waals surface area contributed by atoms with Gasteiger partial charge in [-0.05, 0) is 36.6 Å². The highest BCUT2D eigenvalue weighted by Crippen LogP contribution is 2.18. The molecule has 1 aliphatic rings. The summed E-state index contributed by atoms with van der Waals surface area (Å²) in [5.41, 5.74) is 1.12. The molecule has 0 aromatic heterocycles. The van der Waals surface area contributed by atoms with Gasteiger partial charge in [0.2, 0.25) is 15.9 Å². The number of sulfonamides is 1. The molecule has 0 unspecified atom stereocenters. The molecule has 0 bridgehead atoms. The highest BCUT2D eigenvalue weighted by atomic mass is 32.2. The van der Waals surface area contributed by atoms with Crippen molar-refractivity contribution >= 4 is 33.3 Å². The smallest absolute Gasteiger partial charge is 0.328 e. The van der Waals surface area contributed by atoms with E-state index in [1.54, 1.807) is 24.3 Å². The number of anilines is 2. The molecule has 0 radical (unpaired) electrons. The Kier molecular flexibility index (Phi) is 6.47. The van der Waals surface area contributed by atoms with Crippen molar-refractivity contribution in [2.75, 3.05) is 22.9 Å². The second-order valence-corrected chi connectivity index (χ2v) is 8.54. The van der Waals surface area contributed by atoms with Crippen molar-refractivity contribution in [2.45, 2.75) is 38.8 Å². The number of nitrogens with one attached hydrogen (secondary N) is 3. The van der Waals surface area contributed by atoms with Gasteiger partial charge in [-0.3, -0.25) is 9.52 Å². The normalized spacial score (nSPS) is 18.3. The monoisotopic (exact) mass is 383 g/mol. The highest BCUT2D eigenvalue weighted by Gasteiger charge is 2.30. The molecule has 1 aromatic carbocycles. The molecule has 0 spiro atoms. The molecule has 9 heteroatoms. The maximum Gasteiger partial charge on any atom is 0.328 e. The van der Waals surface area contributed by atoms with Crippen LogP contribution in [0.15, 0.2) is 24.3 Å². The second kappa shape index (κ2) is 8.39. The number of amides is 1. The van der Waals surface area contributed by atoms with Gasteiger partial charge in [-0.1, -0.05) is 13.8 Å². The van der Waals surface area contributed by atoms with Gasteiger partial charge in [-0.2, -0.15) is 0 Å². The summed E-state index contributed by atoms with van der Waals surface area (Å²) in [6.45, 7) is 4.33. The quantitative estimate of drug-likeness (QED) is 0.584. The third kappa shape index (κ3) is 6.21. The Bertz CT molecular complexity index is 746. The number of hydrogen-bond donors (Lipinski definition) is 3. The molecule has 1 saturated heterocycles. The second-order valence-electron chi connectivity index (χ2n) is 6.80. The zero-order chi connectivity index (χ0) is 19.3. The van der Waals surface area contributed by atoms with E-state index < -0.39 is 28.1 Å². The fourth-order valence-corrected chi connectivity index (χ4v) is 3.22. The standard InChI is InChI=1S/C17H25N3O5S/c1-11(2)10-15(16(21)19-14-8-9-25-17(14)22)18-12-4-6-13(7-5-12)20-26(3,23)24/h4-7,11,14-15,18,20H,8-10H2,1-3H3,(H,19,21)/t14-,15-/m0/s1. The minimum Gasteiger partial charge on any atom is -0.464 e. The molecule has 26 heavy (non-hydrogen) atoms. The largest absolute Gasteiger partial charge is 0.464 e. The van der Waals surface area contributed by atoms with Crippen LogP contribution in [0.1, 0.15) is 26.7 Å². The molecular weight excluding hydrogens is 358 g/mol. The van der Waals surface area contributed by atoms with E-state index in [9.17, 15) is 18.0 Å². The SMILES string of the molecule is CC(C)C[C@H](Nc1ccc(NS(C)(=O)=O)cc1)C(=O)N[C@H]1CCOC1=O. The summed E-state index contributed by atoms with van der Waals surface area (Å²) in [5, 5.41) is 5.88. The van der Waals surface area contributed by atoms with Crippen LogP contribution in [-0.2, 0) is 24.3 Å². The van der Waals surface area contributed by atoms with E-state index in [0.717, 1.165) is 6.26 Å². The lowest BCUT2D eigenvalue weighted by atomic mass is 10.0. The van der Waals surface area contributed by atoms with Crippen LogP contribution in [0, 0.1) is 5.92 Å². The van der Waals surface area contributed by atoms with Crippen molar-refractivity contribution < 1.29 is 22.7 Å². The molecule has 1 amide bonds. The van der Waals surface area contributed by atoms with Crippen LogP contribution in [0.5, 0.6) is 0 Å². The van der Waals surface area contributed by atoms with Gasteiger partial charge in [-0.25, -0.2) is 13.2 Å². The van der Waals surface area contributed by atoms with Crippen LogP contribution in [0.3, 0.4) is 0 Å². The van der Waals surface area contributed by atoms with E-state index in [0.29, 0.717) is 30.8 Å². The molecule has 3 N–H and O–H groups in total. The zero-order valence-electron chi connectivity index (χ0n) is 15.1. The van der Waals surface area contributed by atoms with Gasteiger partial charge in [0.15, 0.2) is 0 Å². The van der Waals surface area contributed by atoms with Gasteiger partial charge >= 0.3 is 5.97 Å². The number of benzene rings is 1. The number of cyclic esters (lactones) is 1. The van der Waals surface area contributed by atoms with Crippen LogP contribution >= 0.6 is 0 Å². The number of carbonyl (C=O) groups excluding carboxylic acids is 2. The average Bonchev–Trinajstić information content (AvgIpc) is 2.91. The first kappa shape index (κ1) is 20.0. The summed E-state index contributed by atoms with van der Waals surface area (Å²) in [6, 6.07) is 5.50. The zero-order valence-corrected chi connectivity index (χ0v) is 15.9. The molecule has 0 saturated carbocycles. The fourth-order valence-electron chi connectivity index (χ4n) is 2.65. The molecule has 1 fully saturated rings. The van der Waals surface area contributed by atoms with Gasteiger partial charge in [-0.15, -0.1) is 0 Å². The number of esters is 1. The van der Waals surface area contributed by atoms with Gasteiger partial charge in [0.1, 0.15) is 12.1 Å². The van der Waals surface area contributed by atoms with Gasteiger partial charge in [0, 0.05) is 17.8 Å². The summed E-state index contributed by atoms with van der Waals surface area (Å²) >= 11 is 0. The van der Waals surface area contributed by atoms with Crippen LogP contribution in [0.2, 0.25) is 0 Å². The Labute approximate surface area is 153 Å². The van der Waals surface area contributed by atoms with Crippen molar-refractivity contribution in [3.63, 3.8) is 0 Å². The molecule has 2 rings (SSSR count). The predicted octanol–water partition coefficient (Wildman–Crippen LogP) is 1.32. The van der Waals surface area contributed by atoms with E-state index in [1.807, 2.05) is 13.8 Å². The molecule has 2 atom stereocenters. The van der Waals surface area contributed by atoms with E-state index in [-0.39, 0.29) is 11.8 Å². The average molecular weight is 383 g/mol. The van der Waals surface area contributed by atoms with Gasteiger partial charge in [0.05, 0.1) is 12.9 Å². The lowest BCUT2D eigenvalue weighted by Gasteiger charge is -2.22. The highest BCUT2D eigenvalue weighted by molar-refractivity contribution is 7.92. The van der Waals surface area contributed by atoms with Crippen LogP contribution in [-0.4, -0.2) is 45.2 Å². The fraction of sp³-hybridized carbons (Fsp3) is 0.529. The molecule has 144 valence electrons. The number of ether oxygens (including phenoxy) is 1. The summed E-state index contributed by atoms with van der Waals surface area (Å²) in [4.78, 5) is 24.1. The van der Waals surface area contributed by atoms with Crippen molar-refractivity contribution in [2.24, 2.45) is 5.92 Å². The Balaban J connectivity index is 2.04. The summed E-state index contributed by atoms with van der Waals surface area (Å²) < 4.78 is 29.7. The van der Waals surface area contributed by atoms with Crippen LogP contribution in [0.25, 0.3) is 0 Å². The molecule has 0 aliphatic carbocycles. The molecule has 8 nitrogen and oxygen atoms in total. The minimum atomic E-state index is -3.34. The summed E-state index contributed by atoms with van der Waals surface area (Å²) in [5.74, 6) is -0.404. The van der Waals surface area contributed by atoms with Crippen molar-refractivity contribution in [3.05, 3.63) is 24.3 Å². The van der Waals surface area contributed by atoms with E-state index in [1.165, 1.54) is 0 Å². The van der Waals surface area contributed by atoms with E-state index in [2.05, 4.69) is 15.4 Å². The minimum absolute atomic E-state index is 0.263. The molecule has 1 aliphatic heterocycles. The Hall–Kier alpha value is -2.29. The molecular formula is C17H25N3O5S. The summed E-state index contributed by atoms with van der Waals surface area (Å²) in [7, 11) is -3.34. The number of rotatable bonds is 8. The Morgan fingerprint density at radius 2 is 1.85 bits per heavy atom. The van der Waals surface area contributed by atoms with E-state index >= 15 is 0 Å². The first-order chi connectivity index (χ1) is 12.1. The van der Waals surface area contributed by atoms with Crippen LogP contribution in [0.4, 0.5) is 11.4 Å². The first-order valence-corrected chi connectivity index (χ1v) is 10.3. The first-order valence-electron chi connectivity index (χ1n) is 8.45. The predicted molar refractivity (Wildman–Crippen MR) is 99.3 cm³/mol. The summed E-state index contributed by atoms with van der Waals surface area (Å²) in [6.07, 6.45) is 2.14. The maximum atomic E-state index is 12.6. The van der Waals surface area contributed by atoms with Crippen molar-refractivity contribution in [1.82, 2.24) is 5.32 Å². The Morgan fingerprint density at radius 3 is 2.35 bits per heavy atom. The lowest BCUT2D eigenvalue weighted by molar-refractivity contribution is -0.141. The number of hydrogen-bond acceptors (Lipinski definition) is 6. The van der Waals surface area contributed by atoms with Gasteiger partial charge < -0.3 is 15.4 Å². The Morgan fingerprint density at radius 1 is 1.23 bits per heavy atom. The van der Waals surface area contributed by atoms with Crippen molar-refractivity contribution in [1.29, 1.82) is 0 Å². The third-order valence-electron chi connectivity index (χ3n) is 3.80. The topological polar surface area (TPSA) is 114 Å². The van der Waals surface area contributed by atoms with E-state index in [4.69, 9.17) is 4.74 Å². The molecule has 1 heterocycles.